The Kier molecular flexibility index (Phi) is 2.82. The van der Waals surface area contributed by atoms with Crippen LogP contribution in [0, 0.1) is 0 Å². The number of aromatic nitrogens is 2. The third-order valence-corrected chi connectivity index (χ3v) is 2.61. The minimum absolute atomic E-state index is 0.625. The fourth-order valence-corrected chi connectivity index (χ4v) is 1.60. The number of carbonyl (C=O) groups is 1. The highest BCUT2D eigenvalue weighted by Gasteiger charge is 2.17. The molecule has 0 saturated carbocycles. The van der Waals surface area contributed by atoms with Crippen LogP contribution >= 0.6 is 0 Å². The Morgan fingerprint density at radius 1 is 1.41 bits per heavy atom. The molecule has 0 bridgehead atoms. The Morgan fingerprint density at radius 2 is 2.06 bits per heavy atom. The van der Waals surface area contributed by atoms with Gasteiger partial charge in [0.2, 0.25) is 0 Å². The second-order valence-corrected chi connectivity index (χ2v) is 3.79. The molecule has 0 aliphatic heterocycles. The Labute approximate surface area is 98.5 Å². The lowest BCUT2D eigenvalue weighted by atomic mass is 10.2. The maximum atomic E-state index is 11.0. The highest BCUT2D eigenvalue weighted by Crippen LogP contribution is 2.22. The standard InChI is InChI=1S/C12H13N3O2/c1-8(12(16)17)15-7-6-14-11(15)9-2-4-10(13)5-3-9/h2-8H,13H2,1H3,(H,16,17). The zero-order valence-electron chi connectivity index (χ0n) is 9.37. The minimum Gasteiger partial charge on any atom is -0.480 e. The van der Waals surface area contributed by atoms with Crippen LogP contribution in [0.4, 0.5) is 5.69 Å². The molecule has 5 nitrogen and oxygen atoms in total. The van der Waals surface area contributed by atoms with E-state index in [2.05, 4.69) is 4.98 Å². The van der Waals surface area contributed by atoms with Gasteiger partial charge in [0.05, 0.1) is 0 Å². The lowest BCUT2D eigenvalue weighted by Crippen LogP contribution is -2.15. The van der Waals surface area contributed by atoms with E-state index in [1.54, 1.807) is 36.0 Å². The molecule has 0 fully saturated rings. The van der Waals surface area contributed by atoms with Crippen LogP contribution in [0.5, 0.6) is 0 Å². The van der Waals surface area contributed by atoms with Crippen molar-refractivity contribution in [3.8, 4) is 11.4 Å². The molecule has 1 aromatic carbocycles. The van der Waals surface area contributed by atoms with E-state index in [0.29, 0.717) is 11.5 Å². The molecule has 0 aliphatic rings. The predicted octanol–water partition coefficient (Wildman–Crippen LogP) is 1.78. The molecule has 0 aliphatic carbocycles. The van der Waals surface area contributed by atoms with Crippen LogP contribution in [0.25, 0.3) is 11.4 Å². The molecule has 0 saturated heterocycles. The van der Waals surface area contributed by atoms with E-state index in [9.17, 15) is 4.79 Å². The summed E-state index contributed by atoms with van der Waals surface area (Å²) in [4.78, 5) is 15.1. The van der Waals surface area contributed by atoms with Crippen molar-refractivity contribution in [3.05, 3.63) is 36.7 Å². The number of carboxylic acids is 1. The van der Waals surface area contributed by atoms with E-state index in [0.717, 1.165) is 5.56 Å². The molecular formula is C12H13N3O2. The molecule has 1 aromatic heterocycles. The molecule has 3 N–H and O–H groups in total. The number of hydrogen-bond acceptors (Lipinski definition) is 3. The lowest BCUT2D eigenvalue weighted by molar-refractivity contribution is -0.140. The predicted molar refractivity (Wildman–Crippen MR) is 64.4 cm³/mol. The van der Waals surface area contributed by atoms with Crippen molar-refractivity contribution in [2.24, 2.45) is 0 Å². The Hall–Kier alpha value is -2.30. The number of aliphatic carboxylic acids is 1. The highest BCUT2D eigenvalue weighted by atomic mass is 16.4. The molecule has 2 rings (SSSR count). The second kappa shape index (κ2) is 4.29. The summed E-state index contributed by atoms with van der Waals surface area (Å²) < 4.78 is 1.62. The van der Waals surface area contributed by atoms with Gasteiger partial charge < -0.3 is 15.4 Å². The number of nitrogens with zero attached hydrogens (tertiary/aromatic N) is 2. The summed E-state index contributed by atoms with van der Waals surface area (Å²) in [6.07, 6.45) is 3.25. The number of anilines is 1. The minimum atomic E-state index is -0.889. The molecule has 88 valence electrons. The molecule has 1 heterocycles. The highest BCUT2D eigenvalue weighted by molar-refractivity contribution is 5.73. The zero-order chi connectivity index (χ0) is 12.4. The van der Waals surface area contributed by atoms with Gasteiger partial charge >= 0.3 is 5.97 Å². The van der Waals surface area contributed by atoms with Crippen LogP contribution in [0.1, 0.15) is 13.0 Å². The van der Waals surface area contributed by atoms with Crippen molar-refractivity contribution in [2.45, 2.75) is 13.0 Å². The maximum absolute atomic E-state index is 11.0. The van der Waals surface area contributed by atoms with Gasteiger partial charge in [-0.2, -0.15) is 0 Å². The molecular weight excluding hydrogens is 218 g/mol. The number of nitrogen functional groups attached to an aromatic ring is 1. The SMILES string of the molecule is CC(C(=O)O)n1ccnc1-c1ccc(N)cc1. The number of nitrogens with two attached hydrogens (primary N) is 1. The van der Waals surface area contributed by atoms with E-state index in [1.807, 2.05) is 12.1 Å². The van der Waals surface area contributed by atoms with Gasteiger partial charge in [0.1, 0.15) is 11.9 Å². The van der Waals surface area contributed by atoms with Gasteiger partial charge in [0.25, 0.3) is 0 Å². The average molecular weight is 231 g/mol. The Morgan fingerprint density at radius 3 is 2.65 bits per heavy atom. The summed E-state index contributed by atoms with van der Waals surface area (Å²) in [5.41, 5.74) is 7.11. The van der Waals surface area contributed by atoms with Gasteiger partial charge in [0.15, 0.2) is 0 Å². The third kappa shape index (κ3) is 2.13. The van der Waals surface area contributed by atoms with Crippen molar-refractivity contribution < 1.29 is 9.90 Å². The summed E-state index contributed by atoms with van der Waals surface area (Å²) in [5, 5.41) is 9.00. The van der Waals surface area contributed by atoms with Crippen LogP contribution in [-0.2, 0) is 4.79 Å². The van der Waals surface area contributed by atoms with E-state index in [-0.39, 0.29) is 0 Å². The molecule has 17 heavy (non-hydrogen) atoms. The monoisotopic (exact) mass is 231 g/mol. The van der Waals surface area contributed by atoms with Crippen LogP contribution < -0.4 is 5.73 Å². The van der Waals surface area contributed by atoms with Crippen LogP contribution in [0.2, 0.25) is 0 Å². The smallest absolute Gasteiger partial charge is 0.326 e. The second-order valence-electron chi connectivity index (χ2n) is 3.79. The van der Waals surface area contributed by atoms with Gasteiger partial charge in [-0.3, -0.25) is 0 Å². The van der Waals surface area contributed by atoms with Crippen molar-refractivity contribution in [3.63, 3.8) is 0 Å². The lowest BCUT2D eigenvalue weighted by Gasteiger charge is -2.12. The first-order chi connectivity index (χ1) is 8.09. The summed E-state index contributed by atoms with van der Waals surface area (Å²) in [6, 6.07) is 6.52. The zero-order valence-corrected chi connectivity index (χ0v) is 9.37. The molecule has 0 spiro atoms. The van der Waals surface area contributed by atoms with Gasteiger partial charge in [-0.1, -0.05) is 0 Å². The number of rotatable bonds is 3. The first kappa shape index (κ1) is 11.2. The fourth-order valence-electron chi connectivity index (χ4n) is 1.60. The molecule has 0 amide bonds. The van der Waals surface area contributed by atoms with Crippen LogP contribution in [-0.4, -0.2) is 20.6 Å². The molecule has 2 aromatic rings. The maximum Gasteiger partial charge on any atom is 0.326 e. The van der Waals surface area contributed by atoms with E-state index >= 15 is 0 Å². The number of imidazole rings is 1. The molecule has 1 atom stereocenters. The molecule has 1 unspecified atom stereocenters. The first-order valence-electron chi connectivity index (χ1n) is 5.21. The van der Waals surface area contributed by atoms with Gasteiger partial charge in [-0.15, -0.1) is 0 Å². The Bertz CT molecular complexity index is 531. The number of hydrogen-bond donors (Lipinski definition) is 2. The fraction of sp³-hybridized carbons (Fsp3) is 0.167. The van der Waals surface area contributed by atoms with Gasteiger partial charge in [0, 0.05) is 23.6 Å². The van der Waals surface area contributed by atoms with Crippen molar-refractivity contribution in [1.82, 2.24) is 9.55 Å². The van der Waals surface area contributed by atoms with Gasteiger partial charge in [-0.25, -0.2) is 9.78 Å². The van der Waals surface area contributed by atoms with E-state index in [4.69, 9.17) is 10.8 Å². The quantitative estimate of drug-likeness (QED) is 0.789. The number of benzene rings is 1. The average Bonchev–Trinajstić information content (AvgIpc) is 2.77. The van der Waals surface area contributed by atoms with Gasteiger partial charge in [-0.05, 0) is 31.2 Å². The third-order valence-electron chi connectivity index (χ3n) is 2.61. The normalized spacial score (nSPS) is 12.3. The summed E-state index contributed by atoms with van der Waals surface area (Å²) in [6.45, 7) is 1.62. The summed E-state index contributed by atoms with van der Waals surface area (Å²) >= 11 is 0. The topological polar surface area (TPSA) is 81.1 Å². The first-order valence-corrected chi connectivity index (χ1v) is 5.21. The molecule has 5 heteroatoms. The Balaban J connectivity index is 2.43. The van der Waals surface area contributed by atoms with Crippen molar-refractivity contribution in [1.29, 1.82) is 0 Å². The van der Waals surface area contributed by atoms with Crippen molar-refractivity contribution in [2.75, 3.05) is 5.73 Å². The van der Waals surface area contributed by atoms with Crippen molar-refractivity contribution >= 4 is 11.7 Å². The van der Waals surface area contributed by atoms with Crippen LogP contribution in [0.15, 0.2) is 36.7 Å². The summed E-state index contributed by atoms with van der Waals surface area (Å²) in [5.74, 6) is -0.264. The largest absolute Gasteiger partial charge is 0.480 e. The van der Waals surface area contributed by atoms with E-state index < -0.39 is 12.0 Å². The number of carboxylic acid groups (broad SMARTS) is 1. The summed E-state index contributed by atoms with van der Waals surface area (Å²) in [7, 11) is 0. The van der Waals surface area contributed by atoms with E-state index in [1.165, 1.54) is 0 Å². The van der Waals surface area contributed by atoms with Crippen LogP contribution in [0.3, 0.4) is 0 Å². The molecule has 0 radical (unpaired) electrons.